The summed E-state index contributed by atoms with van der Waals surface area (Å²) < 4.78 is 13.4. The fourth-order valence-corrected chi connectivity index (χ4v) is 4.72. The van der Waals surface area contributed by atoms with Crippen LogP contribution >= 0.6 is 11.3 Å². The third-order valence-electron chi connectivity index (χ3n) is 5.27. The summed E-state index contributed by atoms with van der Waals surface area (Å²) >= 11 is 1.85. The molecule has 0 radical (unpaired) electrons. The number of carbonyl (C=O) groups excluding carboxylic acids is 1. The SMILES string of the molecule is Cc1ccc(CN2CCC3(CC2)CN(c2cccc(F)c2)C3=O)s1. The second kappa shape index (κ2) is 5.97. The van der Waals surface area contributed by atoms with Crippen molar-refractivity contribution < 1.29 is 9.18 Å². The van der Waals surface area contributed by atoms with Crippen LogP contribution in [0.25, 0.3) is 0 Å². The molecular weight excluding hydrogens is 323 g/mol. The molecule has 2 saturated heterocycles. The van der Waals surface area contributed by atoms with Gasteiger partial charge in [-0.2, -0.15) is 0 Å². The average molecular weight is 344 g/mol. The van der Waals surface area contributed by atoms with Crippen LogP contribution in [0.5, 0.6) is 0 Å². The lowest BCUT2D eigenvalue weighted by Crippen LogP contribution is -2.64. The number of halogens is 1. The summed E-state index contributed by atoms with van der Waals surface area (Å²) in [6, 6.07) is 10.7. The molecule has 0 N–H and O–H groups in total. The number of hydrogen-bond donors (Lipinski definition) is 0. The predicted octanol–water partition coefficient (Wildman–Crippen LogP) is 3.82. The van der Waals surface area contributed by atoms with Crippen LogP contribution in [0.1, 0.15) is 22.6 Å². The first-order valence-corrected chi connectivity index (χ1v) is 9.23. The van der Waals surface area contributed by atoms with Gasteiger partial charge in [0.05, 0.1) is 5.41 Å². The van der Waals surface area contributed by atoms with E-state index in [-0.39, 0.29) is 17.1 Å². The van der Waals surface area contributed by atoms with Crippen LogP contribution in [0, 0.1) is 18.2 Å². The minimum atomic E-state index is -0.290. The Hall–Kier alpha value is -1.72. The Kier molecular flexibility index (Phi) is 3.93. The van der Waals surface area contributed by atoms with Crippen molar-refractivity contribution in [2.75, 3.05) is 24.5 Å². The lowest BCUT2D eigenvalue weighted by Gasteiger charge is -2.52. The lowest BCUT2D eigenvalue weighted by atomic mass is 9.71. The van der Waals surface area contributed by atoms with Gasteiger partial charge < -0.3 is 4.90 Å². The predicted molar refractivity (Wildman–Crippen MR) is 94.8 cm³/mol. The molecular formula is C19H21FN2OS. The fourth-order valence-electron chi connectivity index (χ4n) is 3.79. The Labute approximate surface area is 145 Å². The van der Waals surface area contributed by atoms with Crippen molar-refractivity contribution in [1.82, 2.24) is 4.90 Å². The van der Waals surface area contributed by atoms with E-state index in [1.165, 1.54) is 21.9 Å². The number of nitrogens with zero attached hydrogens (tertiary/aromatic N) is 2. The monoisotopic (exact) mass is 344 g/mol. The number of hydrogen-bond acceptors (Lipinski definition) is 3. The first-order valence-electron chi connectivity index (χ1n) is 8.41. The Bertz CT molecular complexity index is 764. The van der Waals surface area contributed by atoms with Crippen molar-refractivity contribution in [3.8, 4) is 0 Å². The smallest absolute Gasteiger partial charge is 0.235 e. The normalized spacial score (nSPS) is 20.4. The Morgan fingerprint density at radius 1 is 1.21 bits per heavy atom. The van der Waals surface area contributed by atoms with Gasteiger partial charge in [0, 0.05) is 28.5 Å². The standard InChI is InChI=1S/C19H21FN2OS/c1-14-5-6-17(24-14)12-21-9-7-19(8-10-21)13-22(18(19)23)16-4-2-3-15(20)11-16/h2-6,11H,7-10,12-13H2,1H3. The number of rotatable bonds is 3. The fraction of sp³-hybridized carbons (Fsp3) is 0.421. The van der Waals surface area contributed by atoms with E-state index in [4.69, 9.17) is 0 Å². The van der Waals surface area contributed by atoms with E-state index in [2.05, 4.69) is 24.0 Å². The highest BCUT2D eigenvalue weighted by Gasteiger charge is 2.53. The van der Waals surface area contributed by atoms with Crippen LogP contribution in [0.3, 0.4) is 0 Å². The van der Waals surface area contributed by atoms with Crippen LogP contribution in [0.2, 0.25) is 0 Å². The Morgan fingerprint density at radius 2 is 2.00 bits per heavy atom. The molecule has 3 heterocycles. The van der Waals surface area contributed by atoms with E-state index in [1.54, 1.807) is 11.0 Å². The molecule has 0 saturated carbocycles. The number of amides is 1. The molecule has 2 aromatic rings. The molecule has 2 fully saturated rings. The van der Waals surface area contributed by atoms with Crippen LogP contribution in [-0.4, -0.2) is 30.4 Å². The summed E-state index contributed by atoms with van der Waals surface area (Å²) in [4.78, 5) is 19.6. The van der Waals surface area contributed by atoms with E-state index in [1.807, 2.05) is 17.4 Å². The number of piperidine rings is 1. The molecule has 1 amide bonds. The van der Waals surface area contributed by atoms with Gasteiger partial charge in [0.1, 0.15) is 5.82 Å². The van der Waals surface area contributed by atoms with Gasteiger partial charge in [-0.25, -0.2) is 4.39 Å². The third kappa shape index (κ3) is 2.76. The van der Waals surface area contributed by atoms with E-state index in [0.29, 0.717) is 5.69 Å². The topological polar surface area (TPSA) is 23.6 Å². The molecule has 1 aromatic heterocycles. The van der Waals surface area contributed by atoms with Crippen LogP contribution in [-0.2, 0) is 11.3 Å². The first kappa shape index (κ1) is 15.8. The summed E-state index contributed by atoms with van der Waals surface area (Å²) in [5, 5.41) is 0. The molecule has 0 aliphatic carbocycles. The molecule has 24 heavy (non-hydrogen) atoms. The molecule has 3 nitrogen and oxygen atoms in total. The van der Waals surface area contributed by atoms with E-state index >= 15 is 0 Å². The van der Waals surface area contributed by atoms with Crippen molar-refractivity contribution in [3.05, 3.63) is 52.0 Å². The van der Waals surface area contributed by atoms with Crippen molar-refractivity contribution in [2.24, 2.45) is 5.41 Å². The molecule has 2 aliphatic heterocycles. The summed E-state index contributed by atoms with van der Waals surface area (Å²) in [5.41, 5.74) is 0.468. The van der Waals surface area contributed by atoms with Gasteiger partial charge in [-0.3, -0.25) is 9.69 Å². The van der Waals surface area contributed by atoms with Crippen LogP contribution in [0.4, 0.5) is 10.1 Å². The largest absolute Gasteiger partial charge is 0.311 e. The van der Waals surface area contributed by atoms with Gasteiger partial charge >= 0.3 is 0 Å². The molecule has 1 aromatic carbocycles. The number of benzene rings is 1. The van der Waals surface area contributed by atoms with E-state index < -0.39 is 0 Å². The van der Waals surface area contributed by atoms with Gasteiger partial charge in [-0.1, -0.05) is 6.07 Å². The van der Waals surface area contributed by atoms with Gasteiger partial charge in [-0.05, 0) is 63.2 Å². The van der Waals surface area contributed by atoms with Crippen molar-refractivity contribution in [1.29, 1.82) is 0 Å². The molecule has 2 aliphatic rings. The molecule has 5 heteroatoms. The van der Waals surface area contributed by atoms with Crippen molar-refractivity contribution >= 4 is 22.9 Å². The average Bonchev–Trinajstić information content (AvgIpc) is 2.98. The zero-order valence-corrected chi connectivity index (χ0v) is 14.6. The third-order valence-corrected chi connectivity index (χ3v) is 6.25. The maximum Gasteiger partial charge on any atom is 0.235 e. The molecule has 1 spiro atoms. The second-order valence-electron chi connectivity index (χ2n) is 6.94. The zero-order chi connectivity index (χ0) is 16.7. The number of thiophene rings is 1. The van der Waals surface area contributed by atoms with Gasteiger partial charge in [-0.15, -0.1) is 11.3 Å². The minimum Gasteiger partial charge on any atom is -0.311 e. The number of β-lactam (4-membered cyclic amide) rings is 1. The first-order chi connectivity index (χ1) is 11.6. The molecule has 4 rings (SSSR count). The van der Waals surface area contributed by atoms with Gasteiger partial charge in [0.2, 0.25) is 5.91 Å². The number of likely N-dealkylation sites (tertiary alicyclic amines) is 1. The molecule has 0 bridgehead atoms. The maximum atomic E-state index is 13.4. The number of aryl methyl sites for hydroxylation is 1. The number of carbonyl (C=O) groups is 1. The Balaban J connectivity index is 1.37. The molecule has 0 atom stereocenters. The lowest BCUT2D eigenvalue weighted by molar-refractivity contribution is -0.138. The highest BCUT2D eigenvalue weighted by molar-refractivity contribution is 7.11. The summed E-state index contributed by atoms with van der Waals surface area (Å²) in [6.07, 6.45) is 1.81. The Morgan fingerprint density at radius 3 is 2.62 bits per heavy atom. The summed E-state index contributed by atoms with van der Waals surface area (Å²) in [5.74, 6) is -0.123. The quantitative estimate of drug-likeness (QED) is 0.790. The highest BCUT2D eigenvalue weighted by Crippen LogP contribution is 2.44. The van der Waals surface area contributed by atoms with Gasteiger partial charge in [0.15, 0.2) is 0 Å². The van der Waals surface area contributed by atoms with E-state index in [9.17, 15) is 9.18 Å². The molecule has 126 valence electrons. The van der Waals surface area contributed by atoms with E-state index in [0.717, 1.165) is 39.0 Å². The summed E-state index contributed by atoms with van der Waals surface area (Å²) in [7, 11) is 0. The highest BCUT2D eigenvalue weighted by atomic mass is 32.1. The van der Waals surface area contributed by atoms with Crippen LogP contribution in [0.15, 0.2) is 36.4 Å². The minimum absolute atomic E-state index is 0.166. The summed E-state index contributed by atoms with van der Waals surface area (Å²) in [6.45, 7) is 5.75. The number of anilines is 1. The zero-order valence-electron chi connectivity index (χ0n) is 13.8. The second-order valence-corrected chi connectivity index (χ2v) is 8.31. The maximum absolute atomic E-state index is 13.4. The van der Waals surface area contributed by atoms with Crippen molar-refractivity contribution in [2.45, 2.75) is 26.3 Å². The van der Waals surface area contributed by atoms with Crippen LogP contribution < -0.4 is 4.90 Å². The van der Waals surface area contributed by atoms with Crippen molar-refractivity contribution in [3.63, 3.8) is 0 Å². The van der Waals surface area contributed by atoms with Gasteiger partial charge in [0.25, 0.3) is 0 Å². The molecule has 0 unspecified atom stereocenters.